The molecule has 3 rings (SSSR count). The lowest BCUT2D eigenvalue weighted by Gasteiger charge is -2.21. The van der Waals surface area contributed by atoms with E-state index in [1.54, 1.807) is 0 Å². The van der Waals surface area contributed by atoms with Gasteiger partial charge in [0.25, 0.3) is 0 Å². The number of aryl methyl sites for hydroxylation is 1. The van der Waals surface area contributed by atoms with Crippen LogP contribution in [0.3, 0.4) is 0 Å². The maximum absolute atomic E-state index is 11.1. The quantitative estimate of drug-likeness (QED) is 0.862. The fourth-order valence-electron chi connectivity index (χ4n) is 2.71. The standard InChI is InChI=1S/C15H18N2O3/c1-17-15(18)20-14(16-17)19-13-9-7-12(8-10-13)11-5-3-2-4-6-11/h7-11H,2-6H2,1H3. The van der Waals surface area contributed by atoms with Gasteiger partial charge in [0, 0.05) is 7.05 Å². The number of hydrogen-bond donors (Lipinski definition) is 0. The lowest BCUT2D eigenvalue weighted by Crippen LogP contribution is -2.09. The monoisotopic (exact) mass is 274 g/mol. The van der Waals surface area contributed by atoms with Crippen LogP contribution in [0.15, 0.2) is 33.5 Å². The summed E-state index contributed by atoms with van der Waals surface area (Å²) in [5.74, 6) is 0.774. The van der Waals surface area contributed by atoms with Gasteiger partial charge in [-0.2, -0.15) is 4.68 Å². The summed E-state index contributed by atoms with van der Waals surface area (Å²) >= 11 is 0. The van der Waals surface area contributed by atoms with Crippen molar-refractivity contribution in [1.82, 2.24) is 9.78 Å². The van der Waals surface area contributed by atoms with E-state index in [2.05, 4.69) is 17.2 Å². The highest BCUT2D eigenvalue weighted by atomic mass is 16.6. The number of aromatic nitrogens is 2. The SMILES string of the molecule is Cn1nc(Oc2ccc(C3CCCCC3)cc2)oc1=O. The van der Waals surface area contributed by atoms with Gasteiger partial charge in [-0.25, -0.2) is 4.79 Å². The largest absolute Gasteiger partial charge is 0.439 e. The van der Waals surface area contributed by atoms with Crippen LogP contribution in [0.2, 0.25) is 0 Å². The smallest absolute Gasteiger partial charge is 0.410 e. The van der Waals surface area contributed by atoms with Gasteiger partial charge >= 0.3 is 11.8 Å². The molecule has 1 aliphatic carbocycles. The van der Waals surface area contributed by atoms with Crippen LogP contribution in [-0.2, 0) is 7.05 Å². The van der Waals surface area contributed by atoms with Crippen molar-refractivity contribution in [2.45, 2.75) is 38.0 Å². The minimum absolute atomic E-state index is 0.0251. The molecular formula is C15H18N2O3. The lowest BCUT2D eigenvalue weighted by molar-refractivity contribution is 0.320. The number of ether oxygens (including phenoxy) is 1. The van der Waals surface area contributed by atoms with Crippen LogP contribution in [0.1, 0.15) is 43.6 Å². The maximum Gasteiger partial charge on any atom is 0.439 e. The Morgan fingerprint density at radius 3 is 2.50 bits per heavy atom. The average Bonchev–Trinajstić information content (AvgIpc) is 2.79. The van der Waals surface area contributed by atoms with E-state index in [0.717, 1.165) is 4.68 Å². The average molecular weight is 274 g/mol. The third kappa shape index (κ3) is 2.76. The highest BCUT2D eigenvalue weighted by Gasteiger charge is 2.15. The minimum atomic E-state index is -0.529. The molecule has 1 aliphatic rings. The van der Waals surface area contributed by atoms with E-state index >= 15 is 0 Å². The molecule has 1 aromatic heterocycles. The highest BCUT2D eigenvalue weighted by molar-refractivity contribution is 5.30. The predicted octanol–water partition coefficient (Wildman–Crippen LogP) is 3.21. The normalized spacial score (nSPS) is 16.2. The van der Waals surface area contributed by atoms with Gasteiger partial charge in [-0.15, -0.1) is 0 Å². The molecule has 0 spiro atoms. The Kier molecular flexibility index (Phi) is 3.58. The Hall–Kier alpha value is -2.04. The summed E-state index contributed by atoms with van der Waals surface area (Å²) in [5, 5.41) is 3.83. The van der Waals surface area contributed by atoms with Crippen LogP contribution >= 0.6 is 0 Å². The summed E-state index contributed by atoms with van der Waals surface area (Å²) in [6.45, 7) is 0. The molecular weight excluding hydrogens is 256 g/mol. The summed E-state index contributed by atoms with van der Waals surface area (Å²) in [6, 6.07) is 7.98. The van der Waals surface area contributed by atoms with Gasteiger partial charge < -0.3 is 9.15 Å². The first kappa shape index (κ1) is 13.0. The molecule has 5 heteroatoms. The van der Waals surface area contributed by atoms with E-state index in [4.69, 9.17) is 9.15 Å². The van der Waals surface area contributed by atoms with Gasteiger partial charge in [-0.1, -0.05) is 36.5 Å². The Morgan fingerprint density at radius 2 is 1.90 bits per heavy atom. The Labute approximate surface area is 117 Å². The third-order valence-corrected chi connectivity index (χ3v) is 3.83. The van der Waals surface area contributed by atoms with Crippen LogP contribution < -0.4 is 10.5 Å². The molecule has 0 bridgehead atoms. The number of nitrogens with zero attached hydrogens (tertiary/aromatic N) is 2. The van der Waals surface area contributed by atoms with Gasteiger partial charge in [0.1, 0.15) is 5.75 Å². The molecule has 0 saturated heterocycles. The molecule has 106 valence electrons. The van der Waals surface area contributed by atoms with Crippen LogP contribution in [0, 0.1) is 0 Å². The summed E-state index contributed by atoms with van der Waals surface area (Å²) in [5.41, 5.74) is 1.36. The molecule has 1 fully saturated rings. The summed E-state index contributed by atoms with van der Waals surface area (Å²) in [7, 11) is 1.52. The fraction of sp³-hybridized carbons (Fsp3) is 0.467. The molecule has 0 aliphatic heterocycles. The molecule has 1 saturated carbocycles. The van der Waals surface area contributed by atoms with Crippen molar-refractivity contribution in [1.29, 1.82) is 0 Å². The zero-order valence-electron chi connectivity index (χ0n) is 11.5. The molecule has 0 N–H and O–H groups in total. The summed E-state index contributed by atoms with van der Waals surface area (Å²) in [4.78, 5) is 11.1. The van der Waals surface area contributed by atoms with Crippen LogP contribution in [0.25, 0.3) is 0 Å². The number of benzene rings is 1. The maximum atomic E-state index is 11.1. The molecule has 0 radical (unpaired) electrons. The predicted molar refractivity (Wildman–Crippen MR) is 74.1 cm³/mol. The Balaban J connectivity index is 1.70. The summed E-state index contributed by atoms with van der Waals surface area (Å²) in [6.07, 6.45) is 6.52. The topological polar surface area (TPSA) is 57.3 Å². The molecule has 1 heterocycles. The zero-order valence-corrected chi connectivity index (χ0v) is 11.5. The van der Waals surface area contributed by atoms with Crippen molar-refractivity contribution in [3.8, 4) is 11.8 Å². The second-order valence-corrected chi connectivity index (χ2v) is 5.26. The first-order valence-corrected chi connectivity index (χ1v) is 7.04. The van der Waals surface area contributed by atoms with Crippen molar-refractivity contribution in [2.24, 2.45) is 7.05 Å². The second kappa shape index (κ2) is 5.53. The lowest BCUT2D eigenvalue weighted by atomic mass is 9.84. The van der Waals surface area contributed by atoms with Crippen LogP contribution in [0.4, 0.5) is 0 Å². The summed E-state index contributed by atoms with van der Waals surface area (Å²) < 4.78 is 11.4. The van der Waals surface area contributed by atoms with E-state index in [9.17, 15) is 4.79 Å². The van der Waals surface area contributed by atoms with Crippen molar-refractivity contribution in [3.63, 3.8) is 0 Å². The molecule has 0 atom stereocenters. The molecule has 0 amide bonds. The Morgan fingerprint density at radius 1 is 1.20 bits per heavy atom. The fourth-order valence-corrected chi connectivity index (χ4v) is 2.71. The van der Waals surface area contributed by atoms with E-state index in [0.29, 0.717) is 11.7 Å². The minimum Gasteiger partial charge on any atom is -0.410 e. The van der Waals surface area contributed by atoms with E-state index in [-0.39, 0.29) is 6.08 Å². The van der Waals surface area contributed by atoms with Gasteiger partial charge in [0.15, 0.2) is 0 Å². The molecule has 1 aromatic carbocycles. The molecule has 20 heavy (non-hydrogen) atoms. The van der Waals surface area contributed by atoms with E-state index in [1.807, 2.05) is 12.1 Å². The van der Waals surface area contributed by atoms with Gasteiger partial charge in [0.2, 0.25) is 0 Å². The zero-order chi connectivity index (χ0) is 13.9. The van der Waals surface area contributed by atoms with Crippen molar-refractivity contribution in [2.75, 3.05) is 0 Å². The molecule has 5 nitrogen and oxygen atoms in total. The van der Waals surface area contributed by atoms with E-state index < -0.39 is 5.76 Å². The van der Waals surface area contributed by atoms with Crippen molar-refractivity contribution < 1.29 is 9.15 Å². The first-order valence-electron chi connectivity index (χ1n) is 7.04. The Bertz CT molecular complexity index is 621. The van der Waals surface area contributed by atoms with Crippen LogP contribution in [0.5, 0.6) is 11.8 Å². The van der Waals surface area contributed by atoms with Gasteiger partial charge in [0.05, 0.1) is 0 Å². The van der Waals surface area contributed by atoms with Crippen molar-refractivity contribution >= 4 is 0 Å². The van der Waals surface area contributed by atoms with Crippen molar-refractivity contribution in [3.05, 3.63) is 40.4 Å². The van der Waals surface area contributed by atoms with Gasteiger partial charge in [-0.05, 0) is 36.5 Å². The highest BCUT2D eigenvalue weighted by Crippen LogP contribution is 2.33. The molecule has 0 unspecified atom stereocenters. The number of hydrogen-bond acceptors (Lipinski definition) is 4. The second-order valence-electron chi connectivity index (χ2n) is 5.26. The number of rotatable bonds is 3. The van der Waals surface area contributed by atoms with E-state index in [1.165, 1.54) is 44.7 Å². The van der Waals surface area contributed by atoms with Gasteiger partial charge in [-0.3, -0.25) is 0 Å². The third-order valence-electron chi connectivity index (χ3n) is 3.83. The first-order chi connectivity index (χ1) is 9.72. The molecule has 2 aromatic rings. The van der Waals surface area contributed by atoms with Crippen LogP contribution in [-0.4, -0.2) is 9.78 Å².